The van der Waals surface area contributed by atoms with Gasteiger partial charge in [0.1, 0.15) is 17.7 Å². The second kappa shape index (κ2) is 7.77. The molecule has 0 spiro atoms. The first-order valence-corrected chi connectivity index (χ1v) is 8.80. The molecule has 0 saturated carbocycles. The lowest BCUT2D eigenvalue weighted by Crippen LogP contribution is -2.49. The van der Waals surface area contributed by atoms with Gasteiger partial charge in [0.15, 0.2) is 0 Å². The van der Waals surface area contributed by atoms with Crippen LogP contribution >= 0.6 is 0 Å². The molecule has 3 amide bonds. The molecular weight excluding hydrogens is 354 g/mol. The third-order valence-corrected chi connectivity index (χ3v) is 4.44. The van der Waals surface area contributed by atoms with E-state index in [-0.39, 0.29) is 24.1 Å². The number of aromatic nitrogens is 1. The highest BCUT2D eigenvalue weighted by molar-refractivity contribution is 5.84. The van der Waals surface area contributed by atoms with Gasteiger partial charge in [-0.2, -0.15) is 0 Å². The lowest BCUT2D eigenvalue weighted by Gasteiger charge is -2.37. The third-order valence-electron chi connectivity index (χ3n) is 4.44. The molecule has 0 fully saturated rings. The highest BCUT2D eigenvalue weighted by Gasteiger charge is 2.33. The van der Waals surface area contributed by atoms with E-state index in [1.165, 1.54) is 17.0 Å². The molecule has 1 aliphatic rings. The molecule has 1 aromatic heterocycles. The SMILES string of the molecule is CC(C)NC(=O)NCC(=O)N1CCn2cccc2[C@@H]1c1ccc(F)cc1F. The van der Waals surface area contributed by atoms with Gasteiger partial charge in [0, 0.05) is 42.7 Å². The Morgan fingerprint density at radius 2 is 2.00 bits per heavy atom. The Bertz CT molecular complexity index is 850. The molecule has 1 aromatic carbocycles. The zero-order chi connectivity index (χ0) is 19.6. The lowest BCUT2D eigenvalue weighted by atomic mass is 9.99. The van der Waals surface area contributed by atoms with Crippen molar-refractivity contribution in [2.75, 3.05) is 13.1 Å². The van der Waals surface area contributed by atoms with Gasteiger partial charge in [-0.25, -0.2) is 13.6 Å². The van der Waals surface area contributed by atoms with Crippen molar-refractivity contribution in [3.8, 4) is 0 Å². The molecule has 3 rings (SSSR count). The van der Waals surface area contributed by atoms with Gasteiger partial charge in [0.05, 0.1) is 6.54 Å². The fourth-order valence-electron chi connectivity index (χ4n) is 3.27. The van der Waals surface area contributed by atoms with Crippen LogP contribution in [0.15, 0.2) is 36.5 Å². The van der Waals surface area contributed by atoms with Crippen LogP contribution in [0.5, 0.6) is 0 Å². The number of amides is 3. The van der Waals surface area contributed by atoms with Crippen molar-refractivity contribution in [1.29, 1.82) is 0 Å². The van der Waals surface area contributed by atoms with Gasteiger partial charge in [-0.1, -0.05) is 6.07 Å². The summed E-state index contributed by atoms with van der Waals surface area (Å²) in [7, 11) is 0. The van der Waals surface area contributed by atoms with Crippen LogP contribution in [-0.2, 0) is 11.3 Å². The molecule has 2 N–H and O–H groups in total. The highest BCUT2D eigenvalue weighted by atomic mass is 19.1. The summed E-state index contributed by atoms with van der Waals surface area (Å²) < 4.78 is 29.7. The maximum absolute atomic E-state index is 14.5. The Morgan fingerprint density at radius 3 is 2.70 bits per heavy atom. The zero-order valence-electron chi connectivity index (χ0n) is 15.2. The van der Waals surface area contributed by atoms with E-state index in [1.807, 2.05) is 36.7 Å². The number of carbonyl (C=O) groups excluding carboxylic acids is 2. The van der Waals surface area contributed by atoms with Crippen molar-refractivity contribution in [1.82, 2.24) is 20.1 Å². The molecule has 0 bridgehead atoms. The maximum atomic E-state index is 14.5. The Morgan fingerprint density at radius 1 is 1.22 bits per heavy atom. The lowest BCUT2D eigenvalue weighted by molar-refractivity contribution is -0.132. The molecule has 144 valence electrons. The van der Waals surface area contributed by atoms with Crippen molar-refractivity contribution in [3.63, 3.8) is 0 Å². The minimum atomic E-state index is -0.710. The quantitative estimate of drug-likeness (QED) is 0.861. The van der Waals surface area contributed by atoms with Crippen LogP contribution < -0.4 is 10.6 Å². The zero-order valence-corrected chi connectivity index (χ0v) is 15.2. The van der Waals surface area contributed by atoms with Crippen LogP contribution in [0.4, 0.5) is 13.6 Å². The van der Waals surface area contributed by atoms with Crippen molar-refractivity contribution in [2.45, 2.75) is 32.5 Å². The fourth-order valence-corrected chi connectivity index (χ4v) is 3.27. The Kier molecular flexibility index (Phi) is 5.43. The van der Waals surface area contributed by atoms with E-state index >= 15 is 0 Å². The van der Waals surface area contributed by atoms with Crippen molar-refractivity contribution in [3.05, 3.63) is 59.4 Å². The number of carbonyl (C=O) groups is 2. The number of fused-ring (bicyclic) bond motifs is 1. The normalized spacial score (nSPS) is 16.2. The van der Waals surface area contributed by atoms with E-state index in [0.717, 1.165) is 11.8 Å². The number of rotatable bonds is 4. The molecule has 0 unspecified atom stereocenters. The number of benzene rings is 1. The predicted octanol–water partition coefficient (Wildman–Crippen LogP) is 2.41. The van der Waals surface area contributed by atoms with Crippen LogP contribution in [0.1, 0.15) is 31.1 Å². The Hall–Kier alpha value is -2.90. The number of halogens is 2. The summed E-state index contributed by atoms with van der Waals surface area (Å²) in [5.74, 6) is -1.72. The van der Waals surface area contributed by atoms with Gasteiger partial charge in [-0.15, -0.1) is 0 Å². The van der Waals surface area contributed by atoms with Crippen LogP contribution in [0.2, 0.25) is 0 Å². The van der Waals surface area contributed by atoms with Gasteiger partial charge in [-0.05, 0) is 32.0 Å². The number of hydrogen-bond acceptors (Lipinski definition) is 2. The van der Waals surface area contributed by atoms with Gasteiger partial charge in [0.25, 0.3) is 0 Å². The van der Waals surface area contributed by atoms with Crippen LogP contribution in [-0.4, -0.2) is 40.5 Å². The molecule has 6 nitrogen and oxygen atoms in total. The fraction of sp³-hybridized carbons (Fsp3) is 0.368. The van der Waals surface area contributed by atoms with E-state index in [4.69, 9.17) is 0 Å². The van der Waals surface area contributed by atoms with Gasteiger partial charge in [-0.3, -0.25) is 4.79 Å². The summed E-state index contributed by atoms with van der Waals surface area (Å²) in [5.41, 5.74) is 0.961. The van der Waals surface area contributed by atoms with Crippen molar-refractivity contribution >= 4 is 11.9 Å². The Balaban J connectivity index is 1.85. The maximum Gasteiger partial charge on any atom is 0.315 e. The highest BCUT2D eigenvalue weighted by Crippen LogP contribution is 2.34. The largest absolute Gasteiger partial charge is 0.348 e. The number of nitrogens with zero attached hydrogens (tertiary/aromatic N) is 2. The van der Waals surface area contributed by atoms with E-state index in [2.05, 4.69) is 10.6 Å². The second-order valence-corrected chi connectivity index (χ2v) is 6.76. The van der Waals surface area contributed by atoms with Crippen LogP contribution in [0.3, 0.4) is 0 Å². The summed E-state index contributed by atoms with van der Waals surface area (Å²) in [6.07, 6.45) is 1.86. The molecule has 0 radical (unpaired) electrons. The van der Waals surface area contributed by atoms with Gasteiger partial charge >= 0.3 is 6.03 Å². The average molecular weight is 376 g/mol. The van der Waals surface area contributed by atoms with Crippen molar-refractivity contribution < 1.29 is 18.4 Å². The van der Waals surface area contributed by atoms with Gasteiger partial charge < -0.3 is 20.1 Å². The monoisotopic (exact) mass is 376 g/mol. The molecular formula is C19H22F2N4O2. The predicted molar refractivity (Wildman–Crippen MR) is 96.0 cm³/mol. The summed E-state index contributed by atoms with van der Waals surface area (Å²) in [5, 5.41) is 5.17. The van der Waals surface area contributed by atoms with E-state index in [1.54, 1.807) is 0 Å². The minimum absolute atomic E-state index is 0.0561. The number of urea groups is 1. The van der Waals surface area contributed by atoms with Crippen LogP contribution in [0.25, 0.3) is 0 Å². The standard InChI is InChI=1S/C19H22F2N4O2/c1-12(2)23-19(27)22-11-17(26)25-9-8-24-7-3-4-16(24)18(25)14-6-5-13(20)10-15(14)21/h3-7,10,12,18H,8-9,11H2,1-2H3,(H2,22,23,27)/t18-/m0/s1. The Labute approximate surface area is 156 Å². The average Bonchev–Trinajstić information content (AvgIpc) is 3.07. The molecule has 1 atom stereocenters. The first-order valence-electron chi connectivity index (χ1n) is 8.80. The van der Waals surface area contributed by atoms with Crippen molar-refractivity contribution in [2.24, 2.45) is 0 Å². The summed E-state index contributed by atoms with van der Waals surface area (Å²) in [6.45, 7) is 4.33. The van der Waals surface area contributed by atoms with Gasteiger partial charge in [0.2, 0.25) is 5.91 Å². The van der Waals surface area contributed by atoms with E-state index in [9.17, 15) is 18.4 Å². The first kappa shape index (κ1) is 18.9. The topological polar surface area (TPSA) is 66.4 Å². The number of nitrogens with one attached hydrogen (secondary N) is 2. The molecule has 8 heteroatoms. The second-order valence-electron chi connectivity index (χ2n) is 6.76. The molecule has 1 aliphatic heterocycles. The molecule has 0 saturated heterocycles. The molecule has 2 aromatic rings. The van der Waals surface area contributed by atoms with E-state index < -0.39 is 23.7 Å². The molecule has 0 aliphatic carbocycles. The smallest absolute Gasteiger partial charge is 0.315 e. The first-order chi connectivity index (χ1) is 12.9. The summed E-state index contributed by atoms with van der Waals surface area (Å²) >= 11 is 0. The number of hydrogen-bond donors (Lipinski definition) is 2. The molecule has 2 heterocycles. The molecule has 27 heavy (non-hydrogen) atoms. The summed E-state index contributed by atoms with van der Waals surface area (Å²) in [6, 6.07) is 5.81. The summed E-state index contributed by atoms with van der Waals surface area (Å²) in [4.78, 5) is 26.0. The van der Waals surface area contributed by atoms with E-state index in [0.29, 0.717) is 13.1 Å². The minimum Gasteiger partial charge on any atom is -0.348 e. The van der Waals surface area contributed by atoms with Crippen LogP contribution in [0, 0.1) is 11.6 Å². The third kappa shape index (κ3) is 4.10.